The molecule has 3 rings (SSSR count). The van der Waals surface area contributed by atoms with Crippen molar-refractivity contribution in [3.63, 3.8) is 0 Å². The number of benzene rings is 1. The first-order valence-corrected chi connectivity index (χ1v) is 9.99. The van der Waals surface area contributed by atoms with Crippen molar-refractivity contribution >= 4 is 46.4 Å². The summed E-state index contributed by atoms with van der Waals surface area (Å²) in [4.78, 5) is 22.2. The molecule has 0 spiro atoms. The predicted octanol–water partition coefficient (Wildman–Crippen LogP) is 4.12. The molecule has 1 aromatic heterocycles. The molecule has 1 aliphatic rings. The van der Waals surface area contributed by atoms with Crippen LogP contribution in [-0.2, 0) is 4.74 Å². The minimum Gasteiger partial charge on any atom is -0.378 e. The number of halogens is 1. The molecule has 1 N–H and O–H groups in total. The van der Waals surface area contributed by atoms with Gasteiger partial charge in [-0.05, 0) is 30.7 Å². The van der Waals surface area contributed by atoms with Crippen LogP contribution in [-0.4, -0.2) is 46.9 Å². The first-order chi connectivity index (χ1) is 13.1. The number of nitrogens with one attached hydrogen (secondary N) is 1. The van der Waals surface area contributed by atoms with E-state index in [9.17, 15) is 10.1 Å². The van der Waals surface area contributed by atoms with Crippen molar-refractivity contribution in [2.75, 3.05) is 42.3 Å². The summed E-state index contributed by atoms with van der Waals surface area (Å²) in [6.45, 7) is 4.19. The van der Waals surface area contributed by atoms with Crippen molar-refractivity contribution in [1.82, 2.24) is 9.97 Å². The second-order valence-electron chi connectivity index (χ2n) is 5.86. The maximum atomic E-state index is 11.9. The first-order valence-electron chi connectivity index (χ1n) is 8.63. The van der Waals surface area contributed by atoms with E-state index >= 15 is 0 Å². The van der Waals surface area contributed by atoms with Crippen LogP contribution in [0.4, 0.5) is 23.0 Å². The summed E-state index contributed by atoms with van der Waals surface area (Å²) in [5.74, 6) is 1.34. The van der Waals surface area contributed by atoms with Crippen LogP contribution in [0, 0.1) is 10.1 Å². The van der Waals surface area contributed by atoms with Crippen LogP contribution in [0.15, 0.2) is 29.4 Å². The molecule has 1 saturated heterocycles. The third-order valence-corrected chi connectivity index (χ3v) is 5.19. The molecule has 0 saturated carbocycles. The lowest BCUT2D eigenvalue weighted by Gasteiger charge is -2.28. The Morgan fingerprint density at radius 1 is 1.30 bits per heavy atom. The van der Waals surface area contributed by atoms with E-state index in [1.807, 2.05) is 4.90 Å². The number of ether oxygens (including phenoxy) is 1. The van der Waals surface area contributed by atoms with Crippen LogP contribution < -0.4 is 10.2 Å². The SMILES string of the molecule is CCCSc1nc(Nc2ccc(Cl)cc2)c([N+](=O)[O-])c(N2CCOCC2)n1. The van der Waals surface area contributed by atoms with Gasteiger partial charge < -0.3 is 15.0 Å². The second-order valence-corrected chi connectivity index (χ2v) is 7.36. The lowest BCUT2D eigenvalue weighted by molar-refractivity contribution is -0.383. The van der Waals surface area contributed by atoms with Gasteiger partial charge in [0.1, 0.15) is 0 Å². The predicted molar refractivity (Wildman–Crippen MR) is 107 cm³/mol. The smallest absolute Gasteiger partial charge is 0.353 e. The van der Waals surface area contributed by atoms with E-state index in [0.29, 0.717) is 48.0 Å². The van der Waals surface area contributed by atoms with Gasteiger partial charge >= 0.3 is 5.69 Å². The van der Waals surface area contributed by atoms with E-state index in [0.717, 1.165) is 12.2 Å². The van der Waals surface area contributed by atoms with Gasteiger partial charge in [0.15, 0.2) is 5.16 Å². The number of anilines is 3. The molecule has 0 atom stereocenters. The Kier molecular flexibility index (Phi) is 6.70. The van der Waals surface area contributed by atoms with Crippen molar-refractivity contribution in [3.05, 3.63) is 39.4 Å². The molecule has 8 nitrogen and oxygen atoms in total. The molecule has 1 aliphatic heterocycles. The molecule has 0 radical (unpaired) electrons. The minimum atomic E-state index is -0.433. The van der Waals surface area contributed by atoms with E-state index in [-0.39, 0.29) is 11.5 Å². The fourth-order valence-electron chi connectivity index (χ4n) is 2.60. The van der Waals surface area contributed by atoms with Gasteiger partial charge in [-0.15, -0.1) is 0 Å². The molecule has 144 valence electrons. The average Bonchev–Trinajstić information content (AvgIpc) is 2.68. The van der Waals surface area contributed by atoms with Gasteiger partial charge in [-0.3, -0.25) is 10.1 Å². The number of rotatable bonds is 7. The maximum absolute atomic E-state index is 11.9. The summed E-state index contributed by atoms with van der Waals surface area (Å²) in [6, 6.07) is 6.93. The van der Waals surface area contributed by atoms with Crippen molar-refractivity contribution < 1.29 is 9.66 Å². The summed E-state index contributed by atoms with van der Waals surface area (Å²) >= 11 is 7.40. The number of nitro groups is 1. The minimum absolute atomic E-state index is 0.132. The quantitative estimate of drug-likeness (QED) is 0.316. The molecule has 0 bridgehead atoms. The normalized spacial score (nSPS) is 14.2. The molecule has 27 heavy (non-hydrogen) atoms. The Morgan fingerprint density at radius 2 is 2.00 bits per heavy atom. The average molecular weight is 410 g/mol. The van der Waals surface area contributed by atoms with Crippen LogP contribution in [0.25, 0.3) is 0 Å². The topological polar surface area (TPSA) is 93.4 Å². The molecular formula is C17H20ClN5O3S. The number of morpholine rings is 1. The molecule has 0 aliphatic carbocycles. The van der Waals surface area contributed by atoms with E-state index in [1.165, 1.54) is 11.8 Å². The summed E-state index contributed by atoms with van der Waals surface area (Å²) in [7, 11) is 0. The lowest BCUT2D eigenvalue weighted by atomic mass is 10.3. The zero-order valence-corrected chi connectivity index (χ0v) is 16.4. The largest absolute Gasteiger partial charge is 0.378 e. The van der Waals surface area contributed by atoms with Gasteiger partial charge in [0.25, 0.3) is 0 Å². The van der Waals surface area contributed by atoms with Gasteiger partial charge in [-0.2, -0.15) is 9.97 Å². The summed E-state index contributed by atoms with van der Waals surface area (Å²) < 4.78 is 5.37. The van der Waals surface area contributed by atoms with Gasteiger partial charge in [0.05, 0.1) is 18.1 Å². The van der Waals surface area contributed by atoms with Crippen molar-refractivity contribution in [3.8, 4) is 0 Å². The highest BCUT2D eigenvalue weighted by Gasteiger charge is 2.30. The van der Waals surface area contributed by atoms with Crippen molar-refractivity contribution in [2.45, 2.75) is 18.5 Å². The highest BCUT2D eigenvalue weighted by atomic mass is 35.5. The van der Waals surface area contributed by atoms with Crippen LogP contribution in [0.5, 0.6) is 0 Å². The molecule has 2 heterocycles. The van der Waals surface area contributed by atoms with Gasteiger partial charge in [-0.1, -0.05) is 30.3 Å². The Balaban J connectivity index is 2.04. The number of hydrogen-bond donors (Lipinski definition) is 1. The maximum Gasteiger partial charge on any atom is 0.353 e. The number of thioether (sulfide) groups is 1. The molecule has 1 fully saturated rings. The van der Waals surface area contributed by atoms with Crippen molar-refractivity contribution in [2.24, 2.45) is 0 Å². The molecule has 0 amide bonds. The highest BCUT2D eigenvalue weighted by Crippen LogP contribution is 2.36. The monoisotopic (exact) mass is 409 g/mol. The zero-order chi connectivity index (χ0) is 19.2. The van der Waals surface area contributed by atoms with Crippen LogP contribution in [0.2, 0.25) is 5.02 Å². The number of nitrogens with zero attached hydrogens (tertiary/aromatic N) is 4. The van der Waals surface area contributed by atoms with Gasteiger partial charge in [0, 0.05) is 29.6 Å². The second kappa shape index (κ2) is 9.20. The van der Waals surface area contributed by atoms with E-state index in [1.54, 1.807) is 24.3 Å². The molecular weight excluding hydrogens is 390 g/mol. The lowest BCUT2D eigenvalue weighted by Crippen LogP contribution is -2.37. The standard InChI is InChI=1S/C17H20ClN5O3S/c1-2-11-27-17-20-15(19-13-5-3-12(18)4-6-13)14(23(24)25)16(21-17)22-7-9-26-10-8-22/h3-6H,2,7-11H2,1H3,(H,19,20,21). The fourth-order valence-corrected chi connectivity index (χ4v) is 3.42. The number of hydrogen-bond acceptors (Lipinski definition) is 8. The third-order valence-electron chi connectivity index (χ3n) is 3.88. The Bertz CT molecular complexity index is 800. The summed E-state index contributed by atoms with van der Waals surface area (Å²) in [6.07, 6.45) is 0.956. The summed E-state index contributed by atoms with van der Waals surface area (Å²) in [5, 5.41) is 16.0. The molecule has 1 aromatic carbocycles. The van der Waals surface area contributed by atoms with Gasteiger partial charge in [0.2, 0.25) is 11.6 Å². The zero-order valence-electron chi connectivity index (χ0n) is 14.9. The van der Waals surface area contributed by atoms with E-state index < -0.39 is 4.92 Å². The van der Waals surface area contributed by atoms with Crippen LogP contribution in [0.3, 0.4) is 0 Å². The van der Waals surface area contributed by atoms with Crippen molar-refractivity contribution in [1.29, 1.82) is 0 Å². The van der Waals surface area contributed by atoms with Crippen LogP contribution in [0.1, 0.15) is 13.3 Å². The summed E-state index contributed by atoms with van der Waals surface area (Å²) in [5.41, 5.74) is 0.535. The van der Waals surface area contributed by atoms with E-state index in [2.05, 4.69) is 22.2 Å². The molecule has 2 aromatic rings. The Labute approximate surface area is 166 Å². The van der Waals surface area contributed by atoms with Gasteiger partial charge in [-0.25, -0.2) is 0 Å². The molecule has 10 heteroatoms. The van der Waals surface area contributed by atoms with Crippen LogP contribution >= 0.6 is 23.4 Å². The highest BCUT2D eigenvalue weighted by molar-refractivity contribution is 7.99. The first kappa shape index (κ1) is 19.7. The number of aromatic nitrogens is 2. The Morgan fingerprint density at radius 3 is 2.63 bits per heavy atom. The van der Waals surface area contributed by atoms with E-state index in [4.69, 9.17) is 16.3 Å². The fraction of sp³-hybridized carbons (Fsp3) is 0.412. The third kappa shape index (κ3) is 5.00. The Hall–Kier alpha value is -2.10. The molecule has 0 unspecified atom stereocenters.